The highest BCUT2D eigenvalue weighted by Gasteiger charge is 2.41. The molecule has 3 aliphatic rings. The number of hydrogen-bond donors (Lipinski definition) is 0. The Balaban J connectivity index is 1.19. The molecule has 3 fully saturated rings. The van der Waals surface area contributed by atoms with Gasteiger partial charge in [-0.3, -0.25) is 9.69 Å². The number of benzene rings is 1. The van der Waals surface area contributed by atoms with Crippen molar-refractivity contribution in [3.8, 4) is 0 Å². The van der Waals surface area contributed by atoms with Crippen LogP contribution < -0.4 is 0 Å². The molecule has 5 nitrogen and oxygen atoms in total. The first-order valence-corrected chi connectivity index (χ1v) is 11.3. The van der Waals surface area contributed by atoms with Crippen molar-refractivity contribution in [3.63, 3.8) is 0 Å². The third kappa shape index (κ3) is 3.95. The monoisotopic (exact) mass is 395 g/mol. The number of carbonyl (C=O) groups is 1. The number of piperidine rings is 2. The van der Waals surface area contributed by atoms with Gasteiger partial charge in [-0.2, -0.15) is 0 Å². The second-order valence-corrected chi connectivity index (χ2v) is 9.51. The summed E-state index contributed by atoms with van der Waals surface area (Å²) in [5, 5.41) is 1.31. The van der Waals surface area contributed by atoms with E-state index in [2.05, 4.69) is 51.9 Å². The maximum Gasteiger partial charge on any atom is 0.222 e. The lowest BCUT2D eigenvalue weighted by Crippen LogP contribution is -2.52. The zero-order valence-electron chi connectivity index (χ0n) is 17.6. The van der Waals surface area contributed by atoms with E-state index in [0.29, 0.717) is 11.3 Å². The van der Waals surface area contributed by atoms with Crippen LogP contribution in [0.1, 0.15) is 44.1 Å². The van der Waals surface area contributed by atoms with Crippen LogP contribution in [0.15, 0.2) is 30.5 Å². The lowest BCUT2D eigenvalue weighted by atomic mass is 9.72. The Bertz CT molecular complexity index is 875. The van der Waals surface area contributed by atoms with Crippen LogP contribution in [0.3, 0.4) is 0 Å². The topological polar surface area (TPSA) is 37.7 Å². The first-order valence-electron chi connectivity index (χ1n) is 11.3. The molecule has 0 N–H and O–H groups in total. The number of aryl methyl sites for hydroxylation is 1. The number of ether oxygens (including phenoxy) is 1. The summed E-state index contributed by atoms with van der Waals surface area (Å²) >= 11 is 0. The molecule has 5 rings (SSSR count). The Hall–Kier alpha value is -1.85. The number of likely N-dealkylation sites (tertiary alicyclic amines) is 2. The molecular formula is C24H33N3O2. The standard InChI is InChI=1S/C24H33N3O2/c1-25-11-7-20-5-4-19(15-22(20)25)16-26-12-9-24(10-13-26)8-6-23(28)27(18-24)17-21-3-2-14-29-21/h4-5,7,11,15,21H,2-3,6,8-10,12-14,16-18H2,1H3/t21-/m1/s1. The van der Waals surface area contributed by atoms with Crippen molar-refractivity contribution in [2.24, 2.45) is 12.5 Å². The zero-order valence-corrected chi connectivity index (χ0v) is 17.6. The van der Waals surface area contributed by atoms with Gasteiger partial charge in [0.15, 0.2) is 0 Å². The van der Waals surface area contributed by atoms with Crippen molar-refractivity contribution in [3.05, 3.63) is 36.0 Å². The maximum absolute atomic E-state index is 12.5. The number of hydrogen-bond acceptors (Lipinski definition) is 3. The van der Waals surface area contributed by atoms with Gasteiger partial charge in [0.05, 0.1) is 6.10 Å². The minimum Gasteiger partial charge on any atom is -0.376 e. The Kier molecular flexibility index (Phi) is 5.12. The van der Waals surface area contributed by atoms with Crippen molar-refractivity contribution in [2.45, 2.75) is 51.2 Å². The summed E-state index contributed by atoms with van der Waals surface area (Å²) in [6.07, 6.45) is 8.84. The second kappa shape index (κ2) is 7.77. The van der Waals surface area contributed by atoms with Crippen LogP contribution in [0, 0.1) is 5.41 Å². The second-order valence-electron chi connectivity index (χ2n) is 9.51. The van der Waals surface area contributed by atoms with Gasteiger partial charge >= 0.3 is 0 Å². The first-order chi connectivity index (χ1) is 14.1. The van der Waals surface area contributed by atoms with E-state index in [4.69, 9.17) is 4.74 Å². The lowest BCUT2D eigenvalue weighted by molar-refractivity contribution is -0.141. The van der Waals surface area contributed by atoms with E-state index in [1.165, 1.54) is 29.3 Å². The number of nitrogens with zero attached hydrogens (tertiary/aromatic N) is 3. The minimum atomic E-state index is 0.265. The summed E-state index contributed by atoms with van der Waals surface area (Å²) in [5.41, 5.74) is 3.03. The molecule has 2 aromatic rings. The molecule has 0 aliphatic carbocycles. The molecule has 0 bridgehead atoms. The van der Waals surface area contributed by atoms with Crippen LogP contribution >= 0.6 is 0 Å². The molecule has 29 heavy (non-hydrogen) atoms. The number of rotatable bonds is 4. The van der Waals surface area contributed by atoms with E-state index >= 15 is 0 Å². The van der Waals surface area contributed by atoms with Gasteiger partial charge in [-0.15, -0.1) is 0 Å². The molecule has 5 heteroatoms. The molecule has 1 aromatic heterocycles. The molecule has 1 spiro atoms. The fourth-order valence-corrected chi connectivity index (χ4v) is 5.56. The lowest BCUT2D eigenvalue weighted by Gasteiger charge is -2.48. The van der Waals surface area contributed by atoms with Gasteiger partial charge in [0.25, 0.3) is 0 Å². The van der Waals surface area contributed by atoms with E-state index in [0.717, 1.165) is 65.0 Å². The third-order valence-corrected chi connectivity index (χ3v) is 7.47. The van der Waals surface area contributed by atoms with Gasteiger partial charge in [-0.05, 0) is 73.7 Å². The summed E-state index contributed by atoms with van der Waals surface area (Å²) < 4.78 is 7.99. The highest BCUT2D eigenvalue weighted by Crippen LogP contribution is 2.40. The first kappa shape index (κ1) is 19.1. The zero-order chi connectivity index (χ0) is 19.8. The molecule has 1 amide bonds. The van der Waals surface area contributed by atoms with E-state index in [1.807, 2.05) is 0 Å². The van der Waals surface area contributed by atoms with Crippen molar-refractivity contribution in [2.75, 3.05) is 32.8 Å². The molecule has 0 saturated carbocycles. The van der Waals surface area contributed by atoms with Gasteiger partial charge in [0, 0.05) is 51.4 Å². The summed E-state index contributed by atoms with van der Waals surface area (Å²) in [4.78, 5) is 17.2. The number of aromatic nitrogens is 1. The van der Waals surface area contributed by atoms with Crippen LogP contribution in [0.2, 0.25) is 0 Å². The van der Waals surface area contributed by atoms with E-state index < -0.39 is 0 Å². The highest BCUT2D eigenvalue weighted by atomic mass is 16.5. The predicted molar refractivity (Wildman–Crippen MR) is 115 cm³/mol. The average molecular weight is 396 g/mol. The fraction of sp³-hybridized carbons (Fsp3) is 0.625. The Labute approximate surface area is 173 Å². The van der Waals surface area contributed by atoms with Crippen molar-refractivity contribution in [1.29, 1.82) is 0 Å². The van der Waals surface area contributed by atoms with Gasteiger partial charge in [-0.1, -0.05) is 12.1 Å². The number of fused-ring (bicyclic) bond motifs is 1. The molecule has 0 unspecified atom stereocenters. The molecule has 0 radical (unpaired) electrons. The third-order valence-electron chi connectivity index (χ3n) is 7.47. The molecular weight excluding hydrogens is 362 g/mol. The van der Waals surface area contributed by atoms with Crippen LogP contribution in [-0.4, -0.2) is 59.2 Å². The van der Waals surface area contributed by atoms with Crippen molar-refractivity contribution >= 4 is 16.8 Å². The summed E-state index contributed by atoms with van der Waals surface area (Å²) in [7, 11) is 2.11. The van der Waals surface area contributed by atoms with Crippen LogP contribution in [0.4, 0.5) is 0 Å². The molecule has 4 heterocycles. The molecule has 3 saturated heterocycles. The maximum atomic E-state index is 12.5. The van der Waals surface area contributed by atoms with E-state index in [1.54, 1.807) is 0 Å². The van der Waals surface area contributed by atoms with Crippen LogP contribution in [0.25, 0.3) is 10.9 Å². The Morgan fingerprint density at radius 1 is 1.17 bits per heavy atom. The van der Waals surface area contributed by atoms with Gasteiger partial charge in [0.2, 0.25) is 5.91 Å². The summed E-state index contributed by atoms with van der Waals surface area (Å²) in [6.45, 7) is 5.90. The minimum absolute atomic E-state index is 0.265. The molecule has 1 aromatic carbocycles. The number of amides is 1. The molecule has 3 aliphatic heterocycles. The summed E-state index contributed by atoms with van der Waals surface area (Å²) in [6, 6.07) is 9.03. The Morgan fingerprint density at radius 3 is 2.83 bits per heavy atom. The SMILES string of the molecule is Cn1ccc2ccc(CN3CCC4(CCC(=O)N(C[C@H]5CCCO5)C4)CC3)cc21. The van der Waals surface area contributed by atoms with Crippen molar-refractivity contribution in [1.82, 2.24) is 14.4 Å². The van der Waals surface area contributed by atoms with Gasteiger partial charge in [-0.25, -0.2) is 0 Å². The Morgan fingerprint density at radius 2 is 2.03 bits per heavy atom. The smallest absolute Gasteiger partial charge is 0.222 e. The largest absolute Gasteiger partial charge is 0.376 e. The van der Waals surface area contributed by atoms with Crippen molar-refractivity contribution < 1.29 is 9.53 Å². The molecule has 156 valence electrons. The fourth-order valence-electron chi connectivity index (χ4n) is 5.56. The predicted octanol–water partition coefficient (Wildman–Crippen LogP) is 3.56. The van der Waals surface area contributed by atoms with Crippen LogP contribution in [-0.2, 0) is 23.1 Å². The molecule has 1 atom stereocenters. The normalized spacial score (nSPS) is 25.3. The number of carbonyl (C=O) groups excluding carboxylic acids is 1. The average Bonchev–Trinajstić information content (AvgIpc) is 3.37. The quantitative estimate of drug-likeness (QED) is 0.794. The van der Waals surface area contributed by atoms with Gasteiger partial charge < -0.3 is 14.2 Å². The van der Waals surface area contributed by atoms with E-state index in [9.17, 15) is 4.79 Å². The van der Waals surface area contributed by atoms with Gasteiger partial charge in [0.1, 0.15) is 0 Å². The summed E-state index contributed by atoms with van der Waals surface area (Å²) in [5.74, 6) is 0.337. The van der Waals surface area contributed by atoms with Crippen LogP contribution in [0.5, 0.6) is 0 Å². The van der Waals surface area contributed by atoms with E-state index in [-0.39, 0.29) is 6.10 Å². The highest BCUT2D eigenvalue weighted by molar-refractivity contribution is 5.80.